The number of carbonyl (C=O) groups excluding carboxylic acids is 1. The van der Waals surface area contributed by atoms with Gasteiger partial charge >= 0.3 is 5.69 Å². The molecule has 0 bridgehead atoms. The number of H-pyrrole nitrogens is 1. The van der Waals surface area contributed by atoms with Crippen LogP contribution in [0.25, 0.3) is 0 Å². The zero-order valence-electron chi connectivity index (χ0n) is 18.0. The number of alkyl halides is 1. The fraction of sp³-hybridized carbons (Fsp3) is 0.667. The molecule has 8 nitrogen and oxygen atoms in total. The van der Waals surface area contributed by atoms with Gasteiger partial charge in [0, 0.05) is 28.3 Å². The Morgan fingerprint density at radius 2 is 2.03 bits per heavy atom. The van der Waals surface area contributed by atoms with Gasteiger partial charge in [0.2, 0.25) is 0 Å². The van der Waals surface area contributed by atoms with Crippen LogP contribution < -0.4 is 16.6 Å². The quantitative estimate of drug-likeness (QED) is 0.140. The van der Waals surface area contributed by atoms with Crippen LogP contribution in [0.4, 0.5) is 0 Å². The summed E-state index contributed by atoms with van der Waals surface area (Å²) in [6.45, 7) is 8.96. The first-order valence-electron chi connectivity index (χ1n) is 10.3. The molecule has 1 unspecified atom stereocenters. The SMILES string of the molecule is CCC(I)(CC)C[C@H]1OC(n2cc(CNCC=C(C)C)c(=O)[nH]c2=O)[C@H](C=O)[C@@H]1O. The molecule has 0 aliphatic carbocycles. The van der Waals surface area contributed by atoms with E-state index in [1.165, 1.54) is 10.8 Å². The molecule has 0 aromatic carbocycles. The number of aromatic nitrogens is 2. The van der Waals surface area contributed by atoms with E-state index in [1.54, 1.807) is 0 Å². The van der Waals surface area contributed by atoms with E-state index in [0.717, 1.165) is 18.4 Å². The Kier molecular flexibility index (Phi) is 9.01. The van der Waals surface area contributed by atoms with Crippen molar-refractivity contribution < 1.29 is 14.6 Å². The average molecular weight is 533 g/mol. The van der Waals surface area contributed by atoms with Gasteiger partial charge in [-0.05, 0) is 33.1 Å². The van der Waals surface area contributed by atoms with E-state index in [-0.39, 0.29) is 9.97 Å². The smallest absolute Gasteiger partial charge is 0.330 e. The minimum absolute atomic E-state index is 0.0678. The highest BCUT2D eigenvalue weighted by Gasteiger charge is 2.47. The van der Waals surface area contributed by atoms with E-state index in [0.29, 0.717) is 24.8 Å². The molecule has 1 fully saturated rings. The van der Waals surface area contributed by atoms with Crippen LogP contribution in [0, 0.1) is 5.92 Å². The molecule has 1 aromatic rings. The van der Waals surface area contributed by atoms with Gasteiger partial charge in [-0.25, -0.2) is 4.79 Å². The summed E-state index contributed by atoms with van der Waals surface area (Å²) >= 11 is 2.37. The zero-order valence-corrected chi connectivity index (χ0v) is 20.1. The maximum absolute atomic E-state index is 12.5. The molecule has 1 saturated heterocycles. The van der Waals surface area contributed by atoms with Crippen LogP contribution in [0.5, 0.6) is 0 Å². The third-order valence-electron chi connectivity index (χ3n) is 5.70. The monoisotopic (exact) mass is 533 g/mol. The lowest BCUT2D eigenvalue weighted by atomic mass is 9.91. The van der Waals surface area contributed by atoms with Gasteiger partial charge in [-0.1, -0.05) is 48.1 Å². The normalized spacial score (nSPS) is 24.1. The fourth-order valence-corrected chi connectivity index (χ4v) is 3.99. The Bertz CT molecular complexity index is 870. The van der Waals surface area contributed by atoms with E-state index in [2.05, 4.69) is 46.7 Å². The first-order valence-corrected chi connectivity index (χ1v) is 11.4. The third kappa shape index (κ3) is 5.89. The molecular weight excluding hydrogens is 501 g/mol. The lowest BCUT2D eigenvalue weighted by Gasteiger charge is -2.29. The number of ether oxygens (including phenoxy) is 1. The molecule has 0 spiro atoms. The lowest BCUT2D eigenvalue weighted by Crippen LogP contribution is -2.38. The topological polar surface area (TPSA) is 113 Å². The van der Waals surface area contributed by atoms with E-state index in [9.17, 15) is 19.5 Å². The van der Waals surface area contributed by atoms with E-state index < -0.39 is 35.6 Å². The highest BCUT2D eigenvalue weighted by Crippen LogP contribution is 2.41. The Morgan fingerprint density at radius 1 is 1.37 bits per heavy atom. The van der Waals surface area contributed by atoms with Crippen molar-refractivity contribution in [2.45, 2.75) is 75.4 Å². The molecule has 2 heterocycles. The molecule has 1 aliphatic heterocycles. The van der Waals surface area contributed by atoms with Gasteiger partial charge in [0.25, 0.3) is 5.56 Å². The number of hydrogen-bond donors (Lipinski definition) is 3. The van der Waals surface area contributed by atoms with Crippen LogP contribution in [-0.2, 0) is 16.1 Å². The summed E-state index contributed by atoms with van der Waals surface area (Å²) in [6, 6.07) is 0. The second-order valence-electron chi connectivity index (χ2n) is 8.06. The van der Waals surface area contributed by atoms with E-state index in [4.69, 9.17) is 4.74 Å². The van der Waals surface area contributed by atoms with Gasteiger partial charge in [0.1, 0.15) is 6.29 Å². The number of nitrogens with one attached hydrogen (secondary N) is 2. The number of hydrogen-bond acceptors (Lipinski definition) is 6. The van der Waals surface area contributed by atoms with Crippen LogP contribution in [0.3, 0.4) is 0 Å². The van der Waals surface area contributed by atoms with Crippen LogP contribution in [0.2, 0.25) is 0 Å². The first-order chi connectivity index (χ1) is 14.2. The molecule has 0 saturated carbocycles. The number of nitrogens with zero attached hydrogens (tertiary/aromatic N) is 1. The molecule has 0 radical (unpaired) electrons. The van der Waals surface area contributed by atoms with Crippen LogP contribution in [0.15, 0.2) is 27.4 Å². The summed E-state index contributed by atoms with van der Waals surface area (Å²) in [5.41, 5.74) is 0.361. The summed E-state index contributed by atoms with van der Waals surface area (Å²) in [7, 11) is 0. The highest BCUT2D eigenvalue weighted by molar-refractivity contribution is 14.1. The van der Waals surface area contributed by atoms with Crippen molar-refractivity contribution in [2.75, 3.05) is 6.54 Å². The Hall–Kier alpha value is -1.30. The number of aromatic amines is 1. The van der Waals surface area contributed by atoms with Crippen molar-refractivity contribution in [2.24, 2.45) is 5.92 Å². The fourth-order valence-electron chi connectivity index (χ4n) is 3.56. The predicted molar refractivity (Wildman–Crippen MR) is 124 cm³/mol. The van der Waals surface area contributed by atoms with Crippen molar-refractivity contribution in [1.29, 1.82) is 0 Å². The molecule has 1 aliphatic rings. The molecular formula is C21H32IN3O5. The van der Waals surface area contributed by atoms with Crippen LogP contribution in [0.1, 0.15) is 58.7 Å². The Labute approximate surface area is 190 Å². The minimum Gasteiger partial charge on any atom is -0.389 e. The Balaban J connectivity index is 2.29. The molecule has 30 heavy (non-hydrogen) atoms. The summed E-state index contributed by atoms with van der Waals surface area (Å²) in [5.74, 6) is -0.889. The number of halogens is 1. The summed E-state index contributed by atoms with van der Waals surface area (Å²) in [5, 5.41) is 13.8. The average Bonchev–Trinajstić information content (AvgIpc) is 3.01. The van der Waals surface area contributed by atoms with Crippen LogP contribution >= 0.6 is 22.6 Å². The van der Waals surface area contributed by atoms with Gasteiger partial charge < -0.3 is 20.0 Å². The van der Waals surface area contributed by atoms with Gasteiger partial charge in [-0.15, -0.1) is 0 Å². The highest BCUT2D eigenvalue weighted by atomic mass is 127. The number of aliphatic hydroxyl groups excluding tert-OH is 1. The summed E-state index contributed by atoms with van der Waals surface area (Å²) in [4.78, 5) is 38.7. The van der Waals surface area contributed by atoms with Crippen LogP contribution in [-0.4, -0.2) is 43.1 Å². The standard InChI is InChI=1S/C21H32IN3O5/c1-5-21(22,6-2)9-16-17(27)15(12-26)19(30-16)25-11-14(18(28)24-20(25)29)10-23-8-7-13(3)4/h7,11-12,15-17,19,23,27H,5-6,8-10H2,1-4H3,(H,24,28,29)/t15-,16-,17+,19?/m1/s1. The second kappa shape index (κ2) is 10.8. The van der Waals surface area contributed by atoms with Crippen molar-refractivity contribution in [3.05, 3.63) is 44.2 Å². The maximum atomic E-state index is 12.5. The predicted octanol–water partition coefficient (Wildman–Crippen LogP) is 2.05. The summed E-state index contributed by atoms with van der Waals surface area (Å²) < 4.78 is 7.17. The van der Waals surface area contributed by atoms with Crippen molar-refractivity contribution in [3.63, 3.8) is 0 Å². The molecule has 9 heteroatoms. The van der Waals surface area contributed by atoms with Gasteiger partial charge in [0.15, 0.2) is 6.23 Å². The summed E-state index contributed by atoms with van der Waals surface area (Å²) in [6.07, 6.45) is 3.86. The molecule has 1 aromatic heterocycles. The number of aliphatic hydroxyl groups is 1. The maximum Gasteiger partial charge on any atom is 0.330 e. The molecule has 0 amide bonds. The van der Waals surface area contributed by atoms with Crippen molar-refractivity contribution in [1.82, 2.24) is 14.9 Å². The van der Waals surface area contributed by atoms with Crippen molar-refractivity contribution in [3.8, 4) is 0 Å². The number of allylic oxidation sites excluding steroid dienone is 1. The molecule has 168 valence electrons. The number of aldehydes is 1. The number of carbonyl (C=O) groups is 1. The van der Waals surface area contributed by atoms with E-state index in [1.807, 2.05) is 19.9 Å². The minimum atomic E-state index is -1.02. The van der Waals surface area contributed by atoms with Gasteiger partial charge in [-0.3, -0.25) is 14.3 Å². The lowest BCUT2D eigenvalue weighted by molar-refractivity contribution is -0.116. The molecule has 2 rings (SSSR count). The van der Waals surface area contributed by atoms with E-state index >= 15 is 0 Å². The zero-order chi connectivity index (χ0) is 22.5. The molecule has 3 N–H and O–H groups in total. The van der Waals surface area contributed by atoms with Crippen molar-refractivity contribution >= 4 is 28.9 Å². The largest absolute Gasteiger partial charge is 0.389 e. The molecule has 4 atom stereocenters. The van der Waals surface area contributed by atoms with Gasteiger partial charge in [-0.2, -0.15) is 0 Å². The van der Waals surface area contributed by atoms with Gasteiger partial charge in [0.05, 0.1) is 18.1 Å². The second-order valence-corrected chi connectivity index (χ2v) is 10.4. The number of rotatable bonds is 10. The first kappa shape index (κ1) is 25.0. The third-order valence-corrected chi connectivity index (χ3v) is 7.66. The Morgan fingerprint density at radius 3 is 2.60 bits per heavy atom.